The fourth-order valence-corrected chi connectivity index (χ4v) is 1.79. The van der Waals surface area contributed by atoms with Crippen molar-refractivity contribution in [3.05, 3.63) is 35.1 Å². The molecular weight excluding hydrogens is 294 g/mol. The first kappa shape index (κ1) is 15.5. The van der Waals surface area contributed by atoms with Crippen molar-refractivity contribution < 1.29 is 14.6 Å². The van der Waals surface area contributed by atoms with Gasteiger partial charge in [-0.3, -0.25) is 0 Å². The van der Waals surface area contributed by atoms with Crippen LogP contribution >= 0.6 is 11.6 Å². The molecule has 0 unspecified atom stereocenters. The molecule has 0 amide bonds. The van der Waals surface area contributed by atoms with Gasteiger partial charge in [-0.05, 0) is 36.1 Å². The van der Waals surface area contributed by atoms with Gasteiger partial charge >= 0.3 is 12.0 Å². The lowest BCUT2D eigenvalue weighted by molar-refractivity contribution is 0.283. The maximum absolute atomic E-state index is 9.06. The van der Waals surface area contributed by atoms with Gasteiger partial charge < -0.3 is 14.6 Å². The Balaban J connectivity index is 2.21. The highest BCUT2D eigenvalue weighted by atomic mass is 35.5. The lowest BCUT2D eigenvalue weighted by Gasteiger charge is -2.09. The molecule has 1 aromatic carbocycles. The summed E-state index contributed by atoms with van der Waals surface area (Å²) in [6.45, 7) is 2.50. The smallest absolute Gasteiger partial charge is 0.329 e. The predicted molar refractivity (Wildman–Crippen MR) is 77.9 cm³/mol. The highest BCUT2D eigenvalue weighted by Gasteiger charge is 2.10. The van der Waals surface area contributed by atoms with E-state index in [4.69, 9.17) is 26.2 Å². The van der Waals surface area contributed by atoms with Crippen LogP contribution in [-0.2, 0) is 6.42 Å². The van der Waals surface area contributed by atoms with E-state index in [0.717, 1.165) is 12.0 Å². The van der Waals surface area contributed by atoms with Crippen molar-refractivity contribution in [3.8, 4) is 17.8 Å². The van der Waals surface area contributed by atoms with Gasteiger partial charge in [0.05, 0.1) is 6.61 Å². The molecule has 0 fully saturated rings. The van der Waals surface area contributed by atoms with Crippen molar-refractivity contribution in [3.63, 3.8) is 0 Å². The Morgan fingerprint density at radius 1 is 1.14 bits per heavy atom. The van der Waals surface area contributed by atoms with E-state index in [2.05, 4.69) is 15.0 Å². The average Bonchev–Trinajstić information content (AvgIpc) is 2.47. The van der Waals surface area contributed by atoms with Gasteiger partial charge in [0, 0.05) is 6.61 Å². The fraction of sp³-hybridized carbons (Fsp3) is 0.357. The number of aliphatic hydroxyl groups is 1. The van der Waals surface area contributed by atoms with Gasteiger partial charge in [-0.25, -0.2) is 0 Å². The molecule has 0 atom stereocenters. The molecule has 0 radical (unpaired) electrons. The summed E-state index contributed by atoms with van der Waals surface area (Å²) in [6.07, 6.45) is 1.31. The Bertz CT molecular complexity index is 595. The molecule has 0 spiro atoms. The molecular formula is C14H16ClN3O3. The van der Waals surface area contributed by atoms with Gasteiger partial charge in [0.2, 0.25) is 5.28 Å². The van der Waals surface area contributed by atoms with Crippen LogP contribution in [0.5, 0.6) is 17.8 Å². The zero-order valence-corrected chi connectivity index (χ0v) is 12.4. The normalized spacial score (nSPS) is 10.4. The number of nitrogens with zero attached hydrogens (tertiary/aromatic N) is 3. The third kappa shape index (κ3) is 4.54. The Morgan fingerprint density at radius 3 is 2.67 bits per heavy atom. The van der Waals surface area contributed by atoms with E-state index >= 15 is 0 Å². The predicted octanol–water partition coefficient (Wildman–Crippen LogP) is 2.64. The number of hydrogen-bond acceptors (Lipinski definition) is 6. The summed E-state index contributed by atoms with van der Waals surface area (Å²) in [5, 5.41) is 9.06. The molecule has 1 aromatic heterocycles. The second kappa shape index (κ2) is 7.75. The molecule has 6 nitrogen and oxygen atoms in total. The minimum absolute atomic E-state index is 0.00532. The SMILES string of the molecule is CCCOc1nc(Cl)nc(Oc2ccccc2CCO)n1. The van der Waals surface area contributed by atoms with Gasteiger partial charge in [-0.2, -0.15) is 9.97 Å². The monoisotopic (exact) mass is 309 g/mol. The van der Waals surface area contributed by atoms with Crippen molar-refractivity contribution in [1.82, 2.24) is 15.0 Å². The van der Waals surface area contributed by atoms with Crippen LogP contribution in [0.3, 0.4) is 0 Å². The van der Waals surface area contributed by atoms with Crippen LogP contribution in [0.1, 0.15) is 18.9 Å². The van der Waals surface area contributed by atoms with E-state index in [0.29, 0.717) is 18.8 Å². The minimum Gasteiger partial charge on any atom is -0.463 e. The molecule has 0 saturated heterocycles. The third-order valence-corrected chi connectivity index (χ3v) is 2.73. The number of ether oxygens (including phenoxy) is 2. The average molecular weight is 310 g/mol. The second-order valence-corrected chi connectivity index (χ2v) is 4.54. The third-order valence-electron chi connectivity index (χ3n) is 2.56. The summed E-state index contributed by atoms with van der Waals surface area (Å²) >= 11 is 5.83. The Kier molecular flexibility index (Phi) is 5.71. The molecule has 0 aliphatic carbocycles. The van der Waals surface area contributed by atoms with Crippen LogP contribution in [-0.4, -0.2) is 33.3 Å². The molecule has 2 aromatic rings. The highest BCUT2D eigenvalue weighted by Crippen LogP contribution is 2.24. The first-order valence-electron chi connectivity index (χ1n) is 6.64. The Hall–Kier alpha value is -1.92. The maximum Gasteiger partial charge on any atom is 0.329 e. The molecule has 2 rings (SSSR count). The van der Waals surface area contributed by atoms with Gasteiger partial charge in [0.15, 0.2) is 0 Å². The number of para-hydroxylation sites is 1. The summed E-state index contributed by atoms with van der Waals surface area (Å²) in [7, 11) is 0. The van der Waals surface area contributed by atoms with Crippen molar-refractivity contribution in [2.24, 2.45) is 0 Å². The lowest BCUT2D eigenvalue weighted by atomic mass is 10.1. The standard InChI is InChI=1S/C14H16ClN3O3/c1-2-9-20-13-16-12(15)17-14(18-13)21-11-6-4-3-5-10(11)7-8-19/h3-6,19H,2,7-9H2,1H3. The minimum atomic E-state index is 0.00532. The summed E-state index contributed by atoms with van der Waals surface area (Å²) in [4.78, 5) is 11.8. The maximum atomic E-state index is 9.06. The number of rotatable bonds is 7. The zero-order chi connectivity index (χ0) is 15.1. The molecule has 7 heteroatoms. The van der Waals surface area contributed by atoms with Crippen LogP contribution in [0.4, 0.5) is 0 Å². The Labute approximate surface area is 127 Å². The van der Waals surface area contributed by atoms with Crippen LogP contribution in [0.15, 0.2) is 24.3 Å². The van der Waals surface area contributed by atoms with Gasteiger partial charge in [-0.15, -0.1) is 4.98 Å². The quantitative estimate of drug-likeness (QED) is 0.847. The summed E-state index contributed by atoms with van der Waals surface area (Å²) < 4.78 is 11.0. The van der Waals surface area contributed by atoms with Crippen molar-refractivity contribution in [2.75, 3.05) is 13.2 Å². The number of benzene rings is 1. The number of halogens is 1. The number of hydrogen-bond donors (Lipinski definition) is 1. The first-order chi connectivity index (χ1) is 10.2. The van der Waals surface area contributed by atoms with E-state index < -0.39 is 0 Å². The molecule has 112 valence electrons. The van der Waals surface area contributed by atoms with Crippen LogP contribution in [0.2, 0.25) is 5.28 Å². The van der Waals surface area contributed by atoms with E-state index in [-0.39, 0.29) is 23.9 Å². The van der Waals surface area contributed by atoms with E-state index in [1.54, 1.807) is 6.07 Å². The van der Waals surface area contributed by atoms with Gasteiger partial charge in [0.25, 0.3) is 0 Å². The Morgan fingerprint density at radius 2 is 1.90 bits per heavy atom. The van der Waals surface area contributed by atoms with Gasteiger partial charge in [-0.1, -0.05) is 25.1 Å². The molecule has 0 bridgehead atoms. The van der Waals surface area contributed by atoms with E-state index in [1.165, 1.54) is 0 Å². The van der Waals surface area contributed by atoms with E-state index in [1.807, 2.05) is 25.1 Å². The number of aliphatic hydroxyl groups excluding tert-OH is 1. The fourth-order valence-electron chi connectivity index (χ4n) is 1.65. The van der Waals surface area contributed by atoms with Crippen molar-refractivity contribution >= 4 is 11.6 Å². The molecule has 1 N–H and O–H groups in total. The second-order valence-electron chi connectivity index (χ2n) is 4.20. The molecule has 1 heterocycles. The lowest BCUT2D eigenvalue weighted by Crippen LogP contribution is -2.04. The van der Waals surface area contributed by atoms with Crippen LogP contribution in [0.25, 0.3) is 0 Å². The molecule has 0 saturated carbocycles. The molecule has 0 aliphatic rings. The zero-order valence-electron chi connectivity index (χ0n) is 11.6. The van der Waals surface area contributed by atoms with E-state index in [9.17, 15) is 0 Å². The topological polar surface area (TPSA) is 77.4 Å². The largest absolute Gasteiger partial charge is 0.463 e. The summed E-state index contributed by atoms with van der Waals surface area (Å²) in [5.74, 6) is 0.565. The van der Waals surface area contributed by atoms with Crippen LogP contribution in [0, 0.1) is 0 Å². The van der Waals surface area contributed by atoms with Crippen molar-refractivity contribution in [2.45, 2.75) is 19.8 Å². The summed E-state index contributed by atoms with van der Waals surface area (Å²) in [6, 6.07) is 7.53. The summed E-state index contributed by atoms with van der Waals surface area (Å²) in [5.41, 5.74) is 0.854. The molecule has 21 heavy (non-hydrogen) atoms. The van der Waals surface area contributed by atoms with Crippen LogP contribution < -0.4 is 9.47 Å². The highest BCUT2D eigenvalue weighted by molar-refractivity contribution is 6.28. The first-order valence-corrected chi connectivity index (χ1v) is 7.01. The molecule has 0 aliphatic heterocycles. The van der Waals surface area contributed by atoms with Gasteiger partial charge in [0.1, 0.15) is 5.75 Å². The van der Waals surface area contributed by atoms with Crippen molar-refractivity contribution in [1.29, 1.82) is 0 Å². The number of aromatic nitrogens is 3.